The molecule has 0 aliphatic rings. The van der Waals surface area contributed by atoms with Gasteiger partial charge in [-0.3, -0.25) is 28.5 Å². The standard InChI is InChI=1S/C25H19ClF2N4O4/c1-13-10-30-22(31-6-4-5-17(15(3)33)24(31)34)9-20(13)32-14(2)7-21(23(26)25(32)35)36-12-19-18(28)8-16(27)11-29-19/h4-11H,12H2,1-3H3. The fourth-order valence-electron chi connectivity index (χ4n) is 3.60. The zero-order valence-electron chi connectivity index (χ0n) is 19.4. The molecule has 184 valence electrons. The van der Waals surface area contributed by atoms with Crippen molar-refractivity contribution in [3.05, 3.63) is 109 Å². The van der Waals surface area contributed by atoms with Gasteiger partial charge in [0.15, 0.2) is 11.6 Å². The maximum absolute atomic E-state index is 13.9. The number of halogens is 3. The SMILES string of the molecule is CC(=O)c1cccn(-c2cc(-n3c(C)cc(OCc4ncc(F)cc4F)c(Cl)c3=O)c(C)cn2)c1=O. The van der Waals surface area contributed by atoms with Crippen molar-refractivity contribution in [2.24, 2.45) is 0 Å². The number of ketones is 1. The van der Waals surface area contributed by atoms with Crippen LogP contribution < -0.4 is 15.9 Å². The van der Waals surface area contributed by atoms with Gasteiger partial charge in [-0.2, -0.15) is 0 Å². The Hall–Kier alpha value is -4.18. The summed E-state index contributed by atoms with van der Waals surface area (Å²) in [5.41, 5.74) is 0.138. The third-order valence-corrected chi connectivity index (χ3v) is 5.77. The van der Waals surface area contributed by atoms with Crippen LogP contribution in [-0.2, 0) is 6.61 Å². The average molecular weight is 513 g/mol. The number of Topliss-reactive ketones (excluding diaryl/α,β-unsaturated/α-hetero) is 1. The molecule has 4 aromatic heterocycles. The molecule has 4 rings (SSSR count). The molecule has 4 aromatic rings. The number of carbonyl (C=O) groups excluding carboxylic acids is 1. The van der Waals surface area contributed by atoms with Gasteiger partial charge < -0.3 is 4.74 Å². The van der Waals surface area contributed by atoms with Gasteiger partial charge >= 0.3 is 0 Å². The number of hydrogen-bond acceptors (Lipinski definition) is 6. The lowest BCUT2D eigenvalue weighted by Gasteiger charge is -2.17. The summed E-state index contributed by atoms with van der Waals surface area (Å²) in [5.74, 6) is -1.90. The zero-order valence-corrected chi connectivity index (χ0v) is 20.1. The Morgan fingerprint density at radius 1 is 1.08 bits per heavy atom. The summed E-state index contributed by atoms with van der Waals surface area (Å²) in [6, 6.07) is 6.68. The molecule has 0 aliphatic carbocycles. The number of carbonyl (C=O) groups is 1. The summed E-state index contributed by atoms with van der Waals surface area (Å²) in [5, 5.41) is -0.267. The summed E-state index contributed by atoms with van der Waals surface area (Å²) in [4.78, 5) is 45.7. The Kier molecular flexibility index (Phi) is 6.80. The highest BCUT2D eigenvalue weighted by Gasteiger charge is 2.18. The molecule has 36 heavy (non-hydrogen) atoms. The monoisotopic (exact) mass is 512 g/mol. The maximum Gasteiger partial charge on any atom is 0.277 e. The van der Waals surface area contributed by atoms with Crippen LogP contribution in [0.5, 0.6) is 5.75 Å². The van der Waals surface area contributed by atoms with E-state index in [9.17, 15) is 23.2 Å². The van der Waals surface area contributed by atoms with Crippen LogP contribution in [0.1, 0.15) is 34.2 Å². The number of ether oxygens (including phenoxy) is 1. The molecule has 11 heteroatoms. The van der Waals surface area contributed by atoms with Gasteiger partial charge in [-0.05, 0) is 38.5 Å². The molecule has 0 amide bonds. The molecular formula is C25H19ClF2N4O4. The fourth-order valence-corrected chi connectivity index (χ4v) is 3.79. The van der Waals surface area contributed by atoms with E-state index in [2.05, 4.69) is 9.97 Å². The number of hydrogen-bond donors (Lipinski definition) is 0. The van der Waals surface area contributed by atoms with Gasteiger partial charge in [0.25, 0.3) is 11.1 Å². The first-order valence-corrected chi connectivity index (χ1v) is 11.0. The minimum absolute atomic E-state index is 0.00162. The van der Waals surface area contributed by atoms with Crippen LogP contribution in [0.15, 0.2) is 58.5 Å². The Labute approximate surface area is 208 Å². The van der Waals surface area contributed by atoms with Gasteiger partial charge in [-0.25, -0.2) is 13.8 Å². The average Bonchev–Trinajstić information content (AvgIpc) is 2.82. The quantitative estimate of drug-likeness (QED) is 0.361. The Morgan fingerprint density at radius 2 is 1.83 bits per heavy atom. The molecule has 0 aromatic carbocycles. The van der Waals surface area contributed by atoms with E-state index in [-0.39, 0.29) is 40.2 Å². The summed E-state index contributed by atoms with van der Waals surface area (Å²) >= 11 is 6.30. The lowest BCUT2D eigenvalue weighted by molar-refractivity contribution is 0.101. The van der Waals surface area contributed by atoms with E-state index >= 15 is 0 Å². The Balaban J connectivity index is 1.75. The van der Waals surface area contributed by atoms with Crippen molar-refractivity contribution < 1.29 is 18.3 Å². The first-order chi connectivity index (χ1) is 17.1. The molecule has 0 radical (unpaired) electrons. The van der Waals surface area contributed by atoms with Crippen LogP contribution in [0, 0.1) is 25.5 Å². The number of aromatic nitrogens is 4. The minimum Gasteiger partial charge on any atom is -0.485 e. The zero-order chi connectivity index (χ0) is 26.1. The van der Waals surface area contributed by atoms with E-state index in [4.69, 9.17) is 16.3 Å². The summed E-state index contributed by atoms with van der Waals surface area (Å²) in [6.45, 7) is 4.30. The highest BCUT2D eigenvalue weighted by Crippen LogP contribution is 2.26. The molecule has 0 unspecified atom stereocenters. The van der Waals surface area contributed by atoms with Crippen molar-refractivity contribution >= 4 is 17.4 Å². The van der Waals surface area contributed by atoms with E-state index in [0.717, 1.165) is 6.20 Å². The van der Waals surface area contributed by atoms with Gasteiger partial charge in [0.2, 0.25) is 0 Å². The van der Waals surface area contributed by atoms with E-state index in [0.29, 0.717) is 23.0 Å². The highest BCUT2D eigenvalue weighted by molar-refractivity contribution is 6.31. The molecule has 0 aliphatic heterocycles. The van der Waals surface area contributed by atoms with Crippen molar-refractivity contribution in [3.8, 4) is 17.3 Å². The topological polar surface area (TPSA) is 96.1 Å². The van der Waals surface area contributed by atoms with Gasteiger partial charge in [-0.1, -0.05) is 11.6 Å². The predicted octanol–water partition coefficient (Wildman–Crippen LogP) is 4.11. The van der Waals surface area contributed by atoms with Crippen LogP contribution in [0.4, 0.5) is 8.78 Å². The molecule has 4 heterocycles. The summed E-state index contributed by atoms with van der Waals surface area (Å²) in [7, 11) is 0. The molecule has 0 bridgehead atoms. The lowest BCUT2D eigenvalue weighted by atomic mass is 10.2. The van der Waals surface area contributed by atoms with Crippen molar-refractivity contribution in [2.45, 2.75) is 27.4 Å². The second-order valence-electron chi connectivity index (χ2n) is 7.96. The summed E-state index contributed by atoms with van der Waals surface area (Å²) in [6.07, 6.45) is 3.82. The molecule has 0 saturated heterocycles. The van der Waals surface area contributed by atoms with Crippen LogP contribution in [-0.4, -0.2) is 24.9 Å². The van der Waals surface area contributed by atoms with Gasteiger partial charge in [0.05, 0.1) is 17.4 Å². The molecular weight excluding hydrogens is 494 g/mol. The van der Waals surface area contributed by atoms with E-state index < -0.39 is 22.8 Å². The second kappa shape index (κ2) is 9.82. The molecule has 0 N–H and O–H groups in total. The number of pyridine rings is 4. The van der Waals surface area contributed by atoms with Crippen molar-refractivity contribution in [2.75, 3.05) is 0 Å². The smallest absolute Gasteiger partial charge is 0.277 e. The van der Waals surface area contributed by atoms with Gasteiger partial charge in [0.1, 0.15) is 34.7 Å². The van der Waals surface area contributed by atoms with Crippen LogP contribution >= 0.6 is 11.6 Å². The third kappa shape index (κ3) is 4.67. The van der Waals surface area contributed by atoms with Crippen molar-refractivity contribution in [1.29, 1.82) is 0 Å². The van der Waals surface area contributed by atoms with Gasteiger partial charge in [-0.15, -0.1) is 0 Å². The van der Waals surface area contributed by atoms with Crippen LogP contribution in [0.25, 0.3) is 11.5 Å². The second-order valence-corrected chi connectivity index (χ2v) is 8.34. The molecule has 8 nitrogen and oxygen atoms in total. The molecule has 0 fully saturated rings. The van der Waals surface area contributed by atoms with Crippen molar-refractivity contribution in [3.63, 3.8) is 0 Å². The minimum atomic E-state index is -0.889. The van der Waals surface area contributed by atoms with E-state index in [1.165, 1.54) is 46.7 Å². The number of aryl methyl sites for hydroxylation is 2. The maximum atomic E-state index is 13.9. The number of nitrogens with zero attached hydrogens (tertiary/aromatic N) is 4. The fraction of sp³-hybridized carbons (Fsp3) is 0.160. The first kappa shape index (κ1) is 24.9. The van der Waals surface area contributed by atoms with Crippen LogP contribution in [0.3, 0.4) is 0 Å². The molecule has 0 atom stereocenters. The van der Waals surface area contributed by atoms with Gasteiger partial charge in [0, 0.05) is 36.3 Å². The largest absolute Gasteiger partial charge is 0.485 e. The lowest BCUT2D eigenvalue weighted by Crippen LogP contribution is -2.26. The number of rotatable bonds is 6. The predicted molar refractivity (Wildman–Crippen MR) is 128 cm³/mol. The third-order valence-electron chi connectivity index (χ3n) is 5.42. The molecule has 0 spiro atoms. The normalized spacial score (nSPS) is 10.9. The first-order valence-electron chi connectivity index (χ1n) is 10.6. The highest BCUT2D eigenvalue weighted by atomic mass is 35.5. The Bertz CT molecular complexity index is 1630. The molecule has 0 saturated carbocycles. The Morgan fingerprint density at radius 3 is 2.53 bits per heavy atom. The van der Waals surface area contributed by atoms with Crippen molar-refractivity contribution in [1.82, 2.24) is 19.1 Å². The van der Waals surface area contributed by atoms with Crippen LogP contribution in [0.2, 0.25) is 5.02 Å². The van der Waals surface area contributed by atoms with E-state index in [1.807, 2.05) is 0 Å². The van der Waals surface area contributed by atoms with E-state index in [1.54, 1.807) is 19.9 Å². The summed E-state index contributed by atoms with van der Waals surface area (Å²) < 4.78 is 35.0.